The van der Waals surface area contributed by atoms with Crippen LogP contribution >= 0.6 is 0 Å². The third-order valence-electron chi connectivity index (χ3n) is 2.34. The summed E-state index contributed by atoms with van der Waals surface area (Å²) in [6, 6.07) is 0. The van der Waals surface area contributed by atoms with Gasteiger partial charge in [-0.15, -0.1) is 0 Å². The van der Waals surface area contributed by atoms with Crippen LogP contribution in [0, 0.1) is 98.7 Å². The van der Waals surface area contributed by atoms with Crippen LogP contribution in [0.4, 0.5) is 43.9 Å². The summed E-state index contributed by atoms with van der Waals surface area (Å²) in [5.41, 5.74) is 0. The maximum Gasteiger partial charge on any atom is 0.200 e. The van der Waals surface area contributed by atoms with E-state index in [-0.39, 0.29) is 33.0 Å². The molecule has 2 nitrogen and oxygen atoms in total. The van der Waals surface area contributed by atoms with Gasteiger partial charge in [-0.2, -0.15) is 0 Å². The predicted molar refractivity (Wildman–Crippen MR) is 81.4 cm³/mol. The molecule has 2 rings (SSSR count). The Morgan fingerprint density at radius 2 is 0.469 bits per heavy atom. The molecule has 0 amide bonds. The van der Waals surface area contributed by atoms with Gasteiger partial charge in [0.05, 0.1) is 0 Å². The van der Waals surface area contributed by atoms with Gasteiger partial charge in [0.1, 0.15) is 0 Å². The number of rotatable bonds is 0. The molecule has 2 aromatic carbocycles. The monoisotopic (exact) mass is 564 g/mol. The molecular weight excluding hydrogens is 556 g/mol. The van der Waals surface area contributed by atoms with Gasteiger partial charge >= 0.3 is 0 Å². The van der Waals surface area contributed by atoms with E-state index in [0.29, 0.717) is 0 Å². The summed E-state index contributed by atoms with van der Waals surface area (Å²) in [6.45, 7) is 13.0. The van der Waals surface area contributed by atoms with Crippen LogP contribution in [0.1, 0.15) is 0 Å². The molecule has 0 saturated heterocycles. The summed E-state index contributed by atoms with van der Waals surface area (Å²) in [6.07, 6.45) is 3.00. The molecule has 2 aromatic rings. The van der Waals surface area contributed by atoms with Gasteiger partial charge in [0.2, 0.25) is 0 Å². The summed E-state index contributed by atoms with van der Waals surface area (Å²) < 4.78 is 121. The summed E-state index contributed by atoms with van der Waals surface area (Å²) in [5.74, 6) is -27.2. The summed E-state index contributed by atoms with van der Waals surface area (Å²) >= 11 is 0. The SMILES string of the molecule is [CH2][CH][CH2].[CH2][CH][CH2].[Ni].[Ni].[O-]c1c(F)c(F)c(F)c(F)c1F.[O-]c1c(F)c(F)c(F)c(F)c1F. The minimum atomic E-state index is -2.33. The van der Waals surface area contributed by atoms with Gasteiger partial charge in [-0.1, -0.05) is 0 Å². The maximum atomic E-state index is 12.1. The van der Waals surface area contributed by atoms with E-state index in [4.69, 9.17) is 0 Å². The molecule has 0 heterocycles. The number of halogens is 10. The maximum absolute atomic E-state index is 12.1. The first-order valence-corrected chi connectivity index (χ1v) is 6.93. The van der Waals surface area contributed by atoms with Gasteiger partial charge in [-0.25, -0.2) is 43.9 Å². The van der Waals surface area contributed by atoms with Crippen molar-refractivity contribution in [2.75, 3.05) is 0 Å². The Hall–Kier alpha value is -1.67. The van der Waals surface area contributed by atoms with Crippen molar-refractivity contribution in [1.29, 1.82) is 0 Å². The molecule has 0 N–H and O–H groups in total. The number of benzene rings is 2. The van der Waals surface area contributed by atoms with E-state index in [1.54, 1.807) is 0 Å². The van der Waals surface area contributed by atoms with Crippen LogP contribution in [0.5, 0.6) is 11.5 Å². The van der Waals surface area contributed by atoms with Crippen molar-refractivity contribution < 1.29 is 87.1 Å². The van der Waals surface area contributed by atoms with Crippen LogP contribution in [-0.4, -0.2) is 0 Å². The van der Waals surface area contributed by atoms with E-state index in [9.17, 15) is 54.1 Å². The molecule has 0 unspecified atom stereocenters. The first-order chi connectivity index (χ1) is 13.8. The van der Waals surface area contributed by atoms with Gasteiger partial charge in [-0.05, 0) is 52.0 Å². The molecule has 0 aromatic heterocycles. The van der Waals surface area contributed by atoms with Crippen LogP contribution < -0.4 is 10.2 Å². The van der Waals surface area contributed by atoms with Crippen LogP contribution in [-0.2, 0) is 33.0 Å². The minimum Gasteiger partial charge on any atom is -0.868 e. The van der Waals surface area contributed by atoms with Gasteiger partial charge < -0.3 is 10.2 Å². The molecule has 0 spiro atoms. The largest absolute Gasteiger partial charge is 0.868 e. The van der Waals surface area contributed by atoms with E-state index >= 15 is 0 Å². The Kier molecular flexibility index (Phi) is 21.0. The fraction of sp³-hybridized carbons (Fsp3) is 0. The molecule has 0 aliphatic carbocycles. The molecule has 0 bridgehead atoms. The van der Waals surface area contributed by atoms with Crippen LogP contribution in [0.15, 0.2) is 0 Å². The second kappa shape index (κ2) is 17.8. The van der Waals surface area contributed by atoms with Crippen molar-refractivity contribution in [3.8, 4) is 11.5 Å². The van der Waals surface area contributed by atoms with Crippen LogP contribution in [0.3, 0.4) is 0 Å². The second-order valence-electron chi connectivity index (χ2n) is 4.38. The van der Waals surface area contributed by atoms with Gasteiger partial charge in [0.25, 0.3) is 0 Å². The first-order valence-electron chi connectivity index (χ1n) is 6.93. The Morgan fingerprint density at radius 1 is 0.375 bits per heavy atom. The zero-order chi connectivity index (χ0) is 24.3. The van der Waals surface area contributed by atoms with Crippen molar-refractivity contribution in [2.24, 2.45) is 0 Å². The third kappa shape index (κ3) is 9.86. The first kappa shape index (κ1) is 37.6. The average Bonchev–Trinajstić information content (AvgIpc) is 2.72. The average molecular weight is 566 g/mol. The Bertz CT molecular complexity index is 572. The van der Waals surface area contributed by atoms with Crippen LogP contribution in [0.25, 0.3) is 0 Å². The van der Waals surface area contributed by atoms with Gasteiger partial charge in [0, 0.05) is 33.0 Å². The van der Waals surface area contributed by atoms with Crippen LogP contribution in [0.2, 0.25) is 0 Å². The van der Waals surface area contributed by atoms with Crippen molar-refractivity contribution in [2.45, 2.75) is 0 Å². The number of hydrogen-bond donors (Lipinski definition) is 0. The van der Waals surface area contributed by atoms with E-state index in [0.717, 1.165) is 0 Å². The molecule has 0 aliphatic heterocycles. The van der Waals surface area contributed by atoms with Gasteiger partial charge in [0.15, 0.2) is 58.2 Å². The molecule has 0 fully saturated rings. The standard InChI is InChI=1S/2C6HF5O.2C3H5.2Ni/c2*7-1-2(8)4(10)6(12)5(11)3(1)9;2*1-3-2;;/h2*12H;2*3H,1-2H2;;/p-2. The Morgan fingerprint density at radius 3 is 0.594 bits per heavy atom. The second-order valence-corrected chi connectivity index (χ2v) is 4.38. The fourth-order valence-electron chi connectivity index (χ4n) is 1.17. The Labute approximate surface area is 197 Å². The molecule has 0 atom stereocenters. The molecule has 32 heavy (non-hydrogen) atoms. The molecular formula is C18H10F10Ni2O2-2. The van der Waals surface area contributed by atoms with E-state index in [1.165, 1.54) is 12.8 Å². The molecule has 14 heteroatoms. The summed E-state index contributed by atoms with van der Waals surface area (Å²) in [7, 11) is 0. The normalized spacial score (nSPS) is 8.94. The van der Waals surface area contributed by atoms with Gasteiger partial charge in [-0.3, -0.25) is 0 Å². The topological polar surface area (TPSA) is 46.1 Å². The Balaban J connectivity index is -0.000000187. The molecule has 186 valence electrons. The zero-order valence-electron chi connectivity index (χ0n) is 15.2. The third-order valence-corrected chi connectivity index (χ3v) is 2.34. The van der Waals surface area contributed by atoms with Crippen molar-refractivity contribution in [3.05, 3.63) is 98.7 Å². The zero-order valence-corrected chi connectivity index (χ0v) is 17.2. The van der Waals surface area contributed by atoms with Crippen molar-refractivity contribution >= 4 is 0 Å². The minimum absolute atomic E-state index is 0. The molecule has 0 saturated carbocycles. The summed E-state index contributed by atoms with van der Waals surface area (Å²) in [4.78, 5) is 0. The quantitative estimate of drug-likeness (QED) is 0.203. The van der Waals surface area contributed by atoms with Crippen molar-refractivity contribution in [3.63, 3.8) is 0 Å². The number of hydrogen-bond acceptors (Lipinski definition) is 2. The van der Waals surface area contributed by atoms with E-state index in [1.807, 2.05) is 0 Å². The van der Waals surface area contributed by atoms with Crippen molar-refractivity contribution in [1.82, 2.24) is 0 Å². The molecule has 6 radical (unpaired) electrons. The summed E-state index contributed by atoms with van der Waals surface area (Å²) in [5, 5.41) is 20.3. The van der Waals surface area contributed by atoms with E-state index in [2.05, 4.69) is 27.7 Å². The smallest absolute Gasteiger partial charge is 0.200 e. The van der Waals surface area contributed by atoms with E-state index < -0.39 is 69.7 Å². The molecule has 0 aliphatic rings. The predicted octanol–water partition coefficient (Wildman–Crippen LogP) is 4.62. The fourth-order valence-corrected chi connectivity index (χ4v) is 1.17.